The molecule has 2 aromatic carbocycles. The van der Waals surface area contributed by atoms with Crippen LogP contribution in [0.4, 0.5) is 14.9 Å². The highest BCUT2D eigenvalue weighted by atomic mass is 19.1. The van der Waals surface area contributed by atoms with Gasteiger partial charge in [0.1, 0.15) is 5.82 Å². The van der Waals surface area contributed by atoms with Gasteiger partial charge in [0.25, 0.3) is 0 Å². The standard InChI is InChI=1S/C22H26FN3O2/c1-3-5-21(27)26-13-12-20(15-26)25(2)22(28)24-19-10-8-16(9-11-19)17-6-4-7-18(23)14-17/h4,6-11,14,20H,3,5,12-13,15H2,1-2H3,(H,24,28)/t20-/m0/s1. The first-order chi connectivity index (χ1) is 13.5. The van der Waals surface area contributed by atoms with Crippen LogP contribution < -0.4 is 5.32 Å². The van der Waals surface area contributed by atoms with Gasteiger partial charge in [0.2, 0.25) is 5.91 Å². The average Bonchev–Trinajstić information content (AvgIpc) is 3.18. The zero-order chi connectivity index (χ0) is 20.1. The Morgan fingerprint density at radius 1 is 1.18 bits per heavy atom. The number of hydrogen-bond donors (Lipinski definition) is 1. The van der Waals surface area contributed by atoms with Crippen molar-refractivity contribution in [3.05, 3.63) is 54.3 Å². The predicted molar refractivity (Wildman–Crippen MR) is 109 cm³/mol. The minimum Gasteiger partial charge on any atom is -0.341 e. The highest BCUT2D eigenvalue weighted by Gasteiger charge is 2.30. The topological polar surface area (TPSA) is 52.7 Å². The fourth-order valence-electron chi connectivity index (χ4n) is 3.45. The summed E-state index contributed by atoms with van der Waals surface area (Å²) in [6, 6.07) is 13.5. The quantitative estimate of drug-likeness (QED) is 0.834. The third-order valence-electron chi connectivity index (χ3n) is 5.14. The van der Waals surface area contributed by atoms with Crippen LogP contribution in [0.2, 0.25) is 0 Å². The Morgan fingerprint density at radius 3 is 2.61 bits per heavy atom. The number of amides is 3. The van der Waals surface area contributed by atoms with Gasteiger partial charge in [-0.3, -0.25) is 4.79 Å². The second-order valence-electron chi connectivity index (χ2n) is 7.16. The lowest BCUT2D eigenvalue weighted by Gasteiger charge is -2.25. The molecule has 1 N–H and O–H groups in total. The van der Waals surface area contributed by atoms with Gasteiger partial charge in [0.05, 0.1) is 6.04 Å². The Hall–Kier alpha value is -2.89. The van der Waals surface area contributed by atoms with Crippen LogP contribution in [0.25, 0.3) is 11.1 Å². The lowest BCUT2D eigenvalue weighted by atomic mass is 10.1. The maximum atomic E-state index is 13.4. The Kier molecular flexibility index (Phi) is 6.29. The number of urea groups is 1. The number of hydrogen-bond acceptors (Lipinski definition) is 2. The summed E-state index contributed by atoms with van der Waals surface area (Å²) in [5, 5.41) is 2.89. The molecule has 5 nitrogen and oxygen atoms in total. The molecule has 0 unspecified atom stereocenters. The zero-order valence-electron chi connectivity index (χ0n) is 16.3. The van der Waals surface area contributed by atoms with E-state index in [0.717, 1.165) is 24.0 Å². The van der Waals surface area contributed by atoms with E-state index in [0.29, 0.717) is 25.2 Å². The van der Waals surface area contributed by atoms with Crippen molar-refractivity contribution in [2.75, 3.05) is 25.5 Å². The molecule has 0 bridgehead atoms. The van der Waals surface area contributed by atoms with Gasteiger partial charge in [-0.05, 0) is 48.2 Å². The molecule has 148 valence electrons. The minimum absolute atomic E-state index is 0.0207. The Balaban J connectivity index is 1.58. The van der Waals surface area contributed by atoms with Crippen molar-refractivity contribution in [3.63, 3.8) is 0 Å². The molecule has 3 rings (SSSR count). The number of benzene rings is 2. The van der Waals surface area contributed by atoms with E-state index >= 15 is 0 Å². The molecule has 1 aliphatic heterocycles. The molecule has 1 heterocycles. The van der Waals surface area contributed by atoms with E-state index < -0.39 is 0 Å². The number of halogens is 1. The normalized spacial score (nSPS) is 16.1. The molecule has 3 amide bonds. The summed E-state index contributed by atoms with van der Waals surface area (Å²) >= 11 is 0. The van der Waals surface area contributed by atoms with Crippen LogP contribution in [-0.2, 0) is 4.79 Å². The van der Waals surface area contributed by atoms with E-state index in [-0.39, 0.29) is 23.8 Å². The average molecular weight is 383 g/mol. The van der Waals surface area contributed by atoms with Crippen LogP contribution in [0.5, 0.6) is 0 Å². The number of anilines is 1. The second-order valence-corrected chi connectivity index (χ2v) is 7.16. The number of likely N-dealkylation sites (N-methyl/N-ethyl adjacent to an activating group) is 1. The summed E-state index contributed by atoms with van der Waals surface area (Å²) in [7, 11) is 1.76. The van der Waals surface area contributed by atoms with Gasteiger partial charge in [-0.1, -0.05) is 31.2 Å². The lowest BCUT2D eigenvalue weighted by Crippen LogP contribution is -2.42. The summed E-state index contributed by atoms with van der Waals surface area (Å²) in [4.78, 5) is 28.1. The van der Waals surface area contributed by atoms with Gasteiger partial charge in [0.15, 0.2) is 0 Å². The van der Waals surface area contributed by atoms with E-state index in [1.165, 1.54) is 12.1 Å². The van der Waals surface area contributed by atoms with Crippen molar-refractivity contribution >= 4 is 17.6 Å². The summed E-state index contributed by atoms with van der Waals surface area (Å²) < 4.78 is 13.4. The predicted octanol–water partition coefficient (Wildman–Crippen LogP) is 4.36. The van der Waals surface area contributed by atoms with Gasteiger partial charge in [0, 0.05) is 32.2 Å². The van der Waals surface area contributed by atoms with E-state index in [9.17, 15) is 14.0 Å². The van der Waals surface area contributed by atoms with Crippen LogP contribution in [0.15, 0.2) is 48.5 Å². The first-order valence-corrected chi connectivity index (χ1v) is 9.65. The van der Waals surface area contributed by atoms with Gasteiger partial charge in [-0.15, -0.1) is 0 Å². The molecule has 0 saturated carbocycles. The van der Waals surface area contributed by atoms with Crippen molar-refractivity contribution in [3.8, 4) is 11.1 Å². The van der Waals surface area contributed by atoms with Gasteiger partial charge in [-0.25, -0.2) is 9.18 Å². The number of likely N-dealkylation sites (tertiary alicyclic amines) is 1. The zero-order valence-corrected chi connectivity index (χ0v) is 16.3. The Morgan fingerprint density at radius 2 is 1.93 bits per heavy atom. The first-order valence-electron chi connectivity index (χ1n) is 9.65. The molecule has 0 aliphatic carbocycles. The number of rotatable bonds is 5. The van der Waals surface area contributed by atoms with Crippen LogP contribution in [-0.4, -0.2) is 47.9 Å². The molecule has 1 fully saturated rings. The molecule has 2 aromatic rings. The Labute approximate surface area is 165 Å². The molecule has 28 heavy (non-hydrogen) atoms. The number of carbonyl (C=O) groups excluding carboxylic acids is 2. The second kappa shape index (κ2) is 8.87. The van der Waals surface area contributed by atoms with Crippen LogP contribution in [0.1, 0.15) is 26.2 Å². The number of carbonyl (C=O) groups is 2. The molecule has 1 saturated heterocycles. The van der Waals surface area contributed by atoms with E-state index in [1.54, 1.807) is 30.1 Å². The summed E-state index contributed by atoms with van der Waals surface area (Å²) in [6.45, 7) is 3.27. The molecule has 1 aliphatic rings. The fourth-order valence-corrected chi connectivity index (χ4v) is 3.45. The number of nitrogens with zero attached hydrogens (tertiary/aromatic N) is 2. The highest BCUT2D eigenvalue weighted by Crippen LogP contribution is 2.23. The van der Waals surface area contributed by atoms with E-state index in [1.807, 2.05) is 30.0 Å². The molecule has 6 heteroatoms. The fraction of sp³-hybridized carbons (Fsp3) is 0.364. The summed E-state index contributed by atoms with van der Waals surface area (Å²) in [5.74, 6) is -0.119. The third-order valence-corrected chi connectivity index (χ3v) is 5.14. The van der Waals surface area contributed by atoms with Crippen LogP contribution in [0.3, 0.4) is 0 Å². The summed E-state index contributed by atoms with van der Waals surface area (Å²) in [5.41, 5.74) is 2.35. The van der Waals surface area contributed by atoms with Crippen molar-refractivity contribution in [2.24, 2.45) is 0 Å². The van der Waals surface area contributed by atoms with Gasteiger partial charge >= 0.3 is 6.03 Å². The largest absolute Gasteiger partial charge is 0.341 e. The minimum atomic E-state index is -0.278. The van der Waals surface area contributed by atoms with Gasteiger partial charge in [-0.2, -0.15) is 0 Å². The smallest absolute Gasteiger partial charge is 0.321 e. The monoisotopic (exact) mass is 383 g/mol. The van der Waals surface area contributed by atoms with Crippen molar-refractivity contribution in [2.45, 2.75) is 32.2 Å². The molecule has 0 aromatic heterocycles. The van der Waals surface area contributed by atoms with Crippen LogP contribution >= 0.6 is 0 Å². The van der Waals surface area contributed by atoms with E-state index in [4.69, 9.17) is 0 Å². The summed E-state index contributed by atoms with van der Waals surface area (Å²) in [6.07, 6.45) is 2.18. The van der Waals surface area contributed by atoms with E-state index in [2.05, 4.69) is 5.32 Å². The number of nitrogens with one attached hydrogen (secondary N) is 1. The SMILES string of the molecule is CCCC(=O)N1CC[C@H](N(C)C(=O)Nc2ccc(-c3cccc(F)c3)cc2)C1. The lowest BCUT2D eigenvalue weighted by molar-refractivity contribution is -0.130. The van der Waals surface area contributed by atoms with Crippen molar-refractivity contribution in [1.82, 2.24) is 9.80 Å². The molecule has 1 atom stereocenters. The molecular formula is C22H26FN3O2. The maximum absolute atomic E-state index is 13.4. The maximum Gasteiger partial charge on any atom is 0.321 e. The van der Waals surface area contributed by atoms with Crippen molar-refractivity contribution in [1.29, 1.82) is 0 Å². The van der Waals surface area contributed by atoms with Crippen molar-refractivity contribution < 1.29 is 14.0 Å². The first kappa shape index (κ1) is 19.9. The van der Waals surface area contributed by atoms with Crippen LogP contribution in [0, 0.1) is 5.82 Å². The molecule has 0 radical (unpaired) electrons. The third kappa shape index (κ3) is 4.68. The molecular weight excluding hydrogens is 357 g/mol. The Bertz CT molecular complexity index is 838. The van der Waals surface area contributed by atoms with Gasteiger partial charge < -0.3 is 15.1 Å². The highest BCUT2D eigenvalue weighted by molar-refractivity contribution is 5.90. The molecule has 0 spiro atoms.